The van der Waals surface area contributed by atoms with Gasteiger partial charge >= 0.3 is 0 Å². The lowest BCUT2D eigenvalue weighted by Crippen LogP contribution is -2.39. The first-order valence-electron chi connectivity index (χ1n) is 10.6. The van der Waals surface area contributed by atoms with Crippen molar-refractivity contribution in [1.29, 1.82) is 0 Å². The fourth-order valence-electron chi connectivity index (χ4n) is 4.69. The maximum Gasteiger partial charge on any atom is 0.246 e. The van der Waals surface area contributed by atoms with Gasteiger partial charge in [0.2, 0.25) is 5.91 Å². The molecule has 1 N–H and O–H groups in total. The van der Waals surface area contributed by atoms with Crippen LogP contribution in [0.4, 0.5) is 5.69 Å². The average Bonchev–Trinajstić information content (AvgIpc) is 3.41. The lowest BCUT2D eigenvalue weighted by Gasteiger charge is -2.29. The Hall–Kier alpha value is -2.37. The lowest BCUT2D eigenvalue weighted by atomic mass is 10.0. The number of carbonyl (C=O) groups excluding carboxylic acids is 1. The second-order valence-corrected chi connectivity index (χ2v) is 8.19. The summed E-state index contributed by atoms with van der Waals surface area (Å²) in [6.45, 7) is 6.30. The van der Waals surface area contributed by atoms with Crippen LogP contribution in [0.1, 0.15) is 36.4 Å². The molecule has 2 heterocycles. The molecule has 154 valence electrons. The quantitative estimate of drug-likeness (QED) is 0.810. The van der Waals surface area contributed by atoms with E-state index < -0.39 is 0 Å². The summed E-state index contributed by atoms with van der Waals surface area (Å²) in [6, 6.07) is 16.3. The van der Waals surface area contributed by atoms with Crippen LogP contribution in [0, 0.1) is 6.92 Å². The Morgan fingerprint density at radius 1 is 1.10 bits per heavy atom. The van der Waals surface area contributed by atoms with Crippen LogP contribution in [0.2, 0.25) is 0 Å². The van der Waals surface area contributed by atoms with Gasteiger partial charge in [-0.05, 0) is 62.5 Å². The van der Waals surface area contributed by atoms with Crippen molar-refractivity contribution in [2.45, 2.75) is 38.3 Å². The maximum atomic E-state index is 13.5. The average molecular weight is 394 g/mol. The number of hydrogen-bond acceptors (Lipinski definition) is 4. The number of rotatable bonds is 6. The Morgan fingerprint density at radius 3 is 2.59 bits per heavy atom. The summed E-state index contributed by atoms with van der Waals surface area (Å²) >= 11 is 0. The Kier molecular flexibility index (Phi) is 6.16. The normalized spacial score (nSPS) is 21.2. The van der Waals surface area contributed by atoms with Gasteiger partial charge in [-0.1, -0.05) is 36.4 Å². The zero-order valence-electron chi connectivity index (χ0n) is 17.4. The summed E-state index contributed by atoms with van der Waals surface area (Å²) in [6.07, 6.45) is 3.73. The number of likely N-dealkylation sites (tertiary alicyclic amines) is 2. The molecule has 2 aromatic carbocycles. The molecule has 1 amide bonds. The summed E-state index contributed by atoms with van der Waals surface area (Å²) in [4.78, 5) is 18.4. The van der Waals surface area contributed by atoms with Gasteiger partial charge in [-0.3, -0.25) is 14.6 Å². The molecule has 0 aromatic heterocycles. The molecular formula is C24H31N3O2. The van der Waals surface area contributed by atoms with Gasteiger partial charge in [0.1, 0.15) is 11.8 Å². The summed E-state index contributed by atoms with van der Waals surface area (Å²) in [5.74, 6) is 0.689. The van der Waals surface area contributed by atoms with Crippen molar-refractivity contribution in [1.82, 2.24) is 9.80 Å². The molecule has 2 aromatic rings. The molecule has 2 aliphatic heterocycles. The molecule has 5 heteroatoms. The van der Waals surface area contributed by atoms with E-state index in [0.717, 1.165) is 36.3 Å². The summed E-state index contributed by atoms with van der Waals surface area (Å²) < 4.78 is 5.46. The largest absolute Gasteiger partial charge is 0.495 e. The third-order valence-electron chi connectivity index (χ3n) is 6.19. The number of ether oxygens (including phenoxy) is 1. The number of amides is 1. The summed E-state index contributed by atoms with van der Waals surface area (Å²) in [5.41, 5.74) is 2.86. The third kappa shape index (κ3) is 4.46. The van der Waals surface area contributed by atoms with Crippen molar-refractivity contribution < 1.29 is 9.53 Å². The van der Waals surface area contributed by atoms with Gasteiger partial charge < -0.3 is 10.1 Å². The van der Waals surface area contributed by atoms with E-state index in [2.05, 4.69) is 27.2 Å². The Bertz CT molecular complexity index is 833. The van der Waals surface area contributed by atoms with Gasteiger partial charge in [-0.2, -0.15) is 0 Å². The maximum absolute atomic E-state index is 13.5. The number of methoxy groups -OCH3 is 1. The van der Waals surface area contributed by atoms with Gasteiger partial charge in [0.05, 0.1) is 12.8 Å². The van der Waals surface area contributed by atoms with Crippen molar-refractivity contribution >= 4 is 11.6 Å². The van der Waals surface area contributed by atoms with Crippen molar-refractivity contribution in [3.05, 3.63) is 59.7 Å². The highest BCUT2D eigenvalue weighted by Gasteiger charge is 2.36. The van der Waals surface area contributed by atoms with Crippen LogP contribution in [0.5, 0.6) is 5.75 Å². The lowest BCUT2D eigenvalue weighted by molar-refractivity contribution is -0.121. The molecule has 0 saturated carbocycles. The highest BCUT2D eigenvalue weighted by atomic mass is 16.5. The molecule has 0 radical (unpaired) electrons. The number of benzene rings is 2. The zero-order chi connectivity index (χ0) is 20.2. The topological polar surface area (TPSA) is 44.8 Å². The number of carbonyl (C=O) groups is 1. The molecule has 5 nitrogen and oxygen atoms in total. The van der Waals surface area contributed by atoms with E-state index in [-0.39, 0.29) is 11.9 Å². The minimum absolute atomic E-state index is 0.00201. The molecule has 2 fully saturated rings. The molecule has 29 heavy (non-hydrogen) atoms. The number of anilines is 1. The number of nitrogens with zero attached hydrogens (tertiary/aromatic N) is 2. The predicted octanol–water partition coefficient (Wildman–Crippen LogP) is 3.85. The van der Waals surface area contributed by atoms with Gasteiger partial charge in [-0.15, -0.1) is 0 Å². The minimum Gasteiger partial charge on any atom is -0.495 e. The van der Waals surface area contributed by atoms with E-state index in [1.54, 1.807) is 7.11 Å². The number of aryl methyl sites for hydroxylation is 1. The second kappa shape index (κ2) is 8.97. The van der Waals surface area contributed by atoms with Crippen LogP contribution >= 0.6 is 0 Å². The van der Waals surface area contributed by atoms with Crippen molar-refractivity contribution in [2.24, 2.45) is 0 Å². The standard InChI is InChI=1S/C24H31N3O2/c1-18-10-11-22(29-2)21(16-18)25-24(28)23(19-8-4-3-5-9-19)27-15-12-20(17-27)26-13-6-7-14-26/h3-5,8-11,16,20,23H,6-7,12-15,17H2,1-2H3,(H,25,28). The monoisotopic (exact) mass is 393 g/mol. The molecule has 2 aliphatic rings. The second-order valence-electron chi connectivity index (χ2n) is 8.19. The first-order valence-corrected chi connectivity index (χ1v) is 10.6. The smallest absolute Gasteiger partial charge is 0.246 e. The Labute approximate surface area is 173 Å². The number of hydrogen-bond donors (Lipinski definition) is 1. The molecule has 0 bridgehead atoms. The first-order chi connectivity index (χ1) is 14.2. The van der Waals surface area contributed by atoms with Crippen molar-refractivity contribution in [3.8, 4) is 5.75 Å². The molecule has 2 saturated heterocycles. The van der Waals surface area contributed by atoms with Crippen molar-refractivity contribution in [3.63, 3.8) is 0 Å². The zero-order valence-corrected chi connectivity index (χ0v) is 17.4. The summed E-state index contributed by atoms with van der Waals surface area (Å²) in [7, 11) is 1.64. The van der Waals surface area contributed by atoms with Crippen LogP contribution in [0.25, 0.3) is 0 Å². The molecular weight excluding hydrogens is 362 g/mol. The SMILES string of the molecule is COc1ccc(C)cc1NC(=O)C(c1ccccc1)N1CCC(N2CCCC2)C1. The van der Waals surface area contributed by atoms with Crippen molar-refractivity contribution in [2.75, 3.05) is 38.6 Å². The molecule has 0 spiro atoms. The van der Waals surface area contributed by atoms with Gasteiger partial charge in [-0.25, -0.2) is 0 Å². The summed E-state index contributed by atoms with van der Waals surface area (Å²) in [5, 5.41) is 3.14. The van der Waals surface area contributed by atoms with Crippen LogP contribution in [-0.4, -0.2) is 55.0 Å². The highest BCUT2D eigenvalue weighted by molar-refractivity contribution is 5.96. The molecule has 4 rings (SSSR count). The van der Waals surface area contributed by atoms with Crippen LogP contribution in [0.15, 0.2) is 48.5 Å². The first kappa shape index (κ1) is 19.9. The van der Waals surface area contributed by atoms with E-state index in [9.17, 15) is 4.79 Å². The van der Waals surface area contributed by atoms with Gasteiger partial charge in [0.15, 0.2) is 0 Å². The predicted molar refractivity (Wildman–Crippen MR) is 116 cm³/mol. The van der Waals surface area contributed by atoms with E-state index in [1.165, 1.54) is 25.9 Å². The molecule has 2 unspecified atom stereocenters. The highest BCUT2D eigenvalue weighted by Crippen LogP contribution is 2.31. The van der Waals surface area contributed by atoms with Gasteiger partial charge in [0.25, 0.3) is 0 Å². The molecule has 0 aliphatic carbocycles. The fraction of sp³-hybridized carbons (Fsp3) is 0.458. The van der Waals surface area contributed by atoms with E-state index in [0.29, 0.717) is 11.8 Å². The van der Waals surface area contributed by atoms with E-state index in [4.69, 9.17) is 4.74 Å². The minimum atomic E-state index is -0.297. The van der Waals surface area contributed by atoms with Crippen LogP contribution in [-0.2, 0) is 4.79 Å². The van der Waals surface area contributed by atoms with E-state index >= 15 is 0 Å². The Balaban J connectivity index is 1.56. The molecule has 2 atom stereocenters. The van der Waals surface area contributed by atoms with Gasteiger partial charge in [0, 0.05) is 19.1 Å². The van der Waals surface area contributed by atoms with Crippen LogP contribution < -0.4 is 10.1 Å². The van der Waals surface area contributed by atoms with Crippen LogP contribution in [0.3, 0.4) is 0 Å². The fourth-order valence-corrected chi connectivity index (χ4v) is 4.69. The Morgan fingerprint density at radius 2 is 1.86 bits per heavy atom. The number of nitrogens with one attached hydrogen (secondary N) is 1. The third-order valence-corrected chi connectivity index (χ3v) is 6.19. The van der Waals surface area contributed by atoms with E-state index in [1.807, 2.05) is 43.3 Å².